The van der Waals surface area contributed by atoms with Crippen LogP contribution in [0.3, 0.4) is 0 Å². The number of aliphatic carboxylic acids is 1. The van der Waals surface area contributed by atoms with Crippen LogP contribution in [0.25, 0.3) is 0 Å². The van der Waals surface area contributed by atoms with Crippen molar-refractivity contribution in [2.45, 2.75) is 19.8 Å². The van der Waals surface area contributed by atoms with Gasteiger partial charge in [0.15, 0.2) is 0 Å². The lowest BCUT2D eigenvalue weighted by Crippen LogP contribution is -2.32. The van der Waals surface area contributed by atoms with E-state index >= 15 is 0 Å². The van der Waals surface area contributed by atoms with Crippen molar-refractivity contribution in [1.82, 2.24) is 4.90 Å². The number of rotatable bonds is 8. The topological polar surface area (TPSA) is 57.6 Å². The minimum Gasteiger partial charge on any atom is -0.481 e. The summed E-state index contributed by atoms with van der Waals surface area (Å²) in [5.74, 6) is -0.767. The molecule has 0 radical (unpaired) electrons. The Morgan fingerprint density at radius 3 is 2.39 bits per heavy atom. The van der Waals surface area contributed by atoms with Crippen LogP contribution in [-0.4, -0.2) is 41.4 Å². The number of Topliss-reactive ketones (excluding diaryl/α,β-unsaturated/α-hetero) is 1. The van der Waals surface area contributed by atoms with E-state index in [9.17, 15) is 9.59 Å². The normalized spacial score (nSPS) is 10.6. The van der Waals surface area contributed by atoms with Crippen LogP contribution in [0.15, 0.2) is 30.3 Å². The Balaban J connectivity index is 2.45. The second-order valence-corrected chi connectivity index (χ2v) is 4.36. The van der Waals surface area contributed by atoms with E-state index in [0.29, 0.717) is 19.6 Å². The Hall–Kier alpha value is -1.68. The molecule has 0 aliphatic heterocycles. The summed E-state index contributed by atoms with van der Waals surface area (Å²) in [4.78, 5) is 23.6. The monoisotopic (exact) mass is 249 g/mol. The van der Waals surface area contributed by atoms with Crippen molar-refractivity contribution < 1.29 is 14.7 Å². The first-order valence-electron chi connectivity index (χ1n) is 6.05. The van der Waals surface area contributed by atoms with Crippen molar-refractivity contribution in [2.24, 2.45) is 0 Å². The molecule has 0 fully saturated rings. The van der Waals surface area contributed by atoms with Gasteiger partial charge in [0.25, 0.3) is 0 Å². The Labute approximate surface area is 107 Å². The van der Waals surface area contributed by atoms with Gasteiger partial charge in [0.1, 0.15) is 5.78 Å². The zero-order valence-corrected chi connectivity index (χ0v) is 10.6. The molecular weight excluding hydrogens is 230 g/mol. The number of hydrogen-bond donors (Lipinski definition) is 1. The predicted octanol–water partition coefficient (Wildman–Crippen LogP) is 1.59. The fourth-order valence-electron chi connectivity index (χ4n) is 1.77. The number of ketones is 1. The van der Waals surface area contributed by atoms with E-state index in [2.05, 4.69) is 0 Å². The molecule has 0 aliphatic rings. The average Bonchev–Trinajstić information content (AvgIpc) is 2.33. The molecule has 0 amide bonds. The van der Waals surface area contributed by atoms with Gasteiger partial charge in [-0.2, -0.15) is 0 Å². The number of nitrogens with zero attached hydrogens (tertiary/aromatic N) is 1. The zero-order valence-electron chi connectivity index (χ0n) is 10.6. The summed E-state index contributed by atoms with van der Waals surface area (Å²) in [5.41, 5.74) is 1.20. The number of carboxylic acids is 1. The highest BCUT2D eigenvalue weighted by Gasteiger charge is 2.09. The molecule has 1 aromatic rings. The predicted molar refractivity (Wildman–Crippen MR) is 69.5 cm³/mol. The molecule has 0 bridgehead atoms. The van der Waals surface area contributed by atoms with E-state index in [4.69, 9.17) is 5.11 Å². The third kappa shape index (κ3) is 6.15. The maximum atomic E-state index is 11.1. The lowest BCUT2D eigenvalue weighted by atomic mass is 10.1. The molecule has 98 valence electrons. The first-order chi connectivity index (χ1) is 8.58. The van der Waals surface area contributed by atoms with Gasteiger partial charge in [0.05, 0.1) is 13.0 Å². The third-order valence-electron chi connectivity index (χ3n) is 2.65. The minimum atomic E-state index is -0.830. The summed E-state index contributed by atoms with van der Waals surface area (Å²) in [6, 6.07) is 9.97. The molecule has 0 saturated carbocycles. The second kappa shape index (κ2) is 7.61. The molecule has 0 unspecified atom stereocenters. The number of hydrogen-bond acceptors (Lipinski definition) is 3. The van der Waals surface area contributed by atoms with Crippen LogP contribution in [0.1, 0.15) is 18.9 Å². The summed E-state index contributed by atoms with van der Waals surface area (Å²) >= 11 is 0. The number of carbonyl (C=O) groups is 2. The Morgan fingerprint density at radius 2 is 1.83 bits per heavy atom. The molecule has 0 atom stereocenters. The van der Waals surface area contributed by atoms with Crippen LogP contribution in [0.2, 0.25) is 0 Å². The van der Waals surface area contributed by atoms with Crippen molar-refractivity contribution in [3.63, 3.8) is 0 Å². The fourth-order valence-corrected chi connectivity index (χ4v) is 1.77. The SMILES string of the molecule is CC(=O)CN(CCC(=O)O)CCc1ccccc1. The van der Waals surface area contributed by atoms with Gasteiger partial charge in [-0.3, -0.25) is 14.5 Å². The van der Waals surface area contributed by atoms with E-state index in [1.165, 1.54) is 12.5 Å². The molecule has 1 rings (SSSR count). The Bertz CT molecular complexity index is 389. The van der Waals surface area contributed by atoms with Crippen molar-refractivity contribution in [3.05, 3.63) is 35.9 Å². The smallest absolute Gasteiger partial charge is 0.304 e. The van der Waals surface area contributed by atoms with Crippen LogP contribution in [0, 0.1) is 0 Å². The fraction of sp³-hybridized carbons (Fsp3) is 0.429. The molecule has 0 spiro atoms. The molecule has 0 aromatic heterocycles. The Morgan fingerprint density at radius 1 is 1.17 bits per heavy atom. The maximum absolute atomic E-state index is 11.1. The highest BCUT2D eigenvalue weighted by Crippen LogP contribution is 2.02. The molecule has 0 heterocycles. The summed E-state index contributed by atoms with van der Waals surface area (Å²) < 4.78 is 0. The quantitative estimate of drug-likeness (QED) is 0.760. The highest BCUT2D eigenvalue weighted by molar-refractivity contribution is 5.77. The summed E-state index contributed by atoms with van der Waals surface area (Å²) in [6.07, 6.45) is 0.899. The Kier molecular flexibility index (Phi) is 6.08. The lowest BCUT2D eigenvalue weighted by molar-refractivity contribution is -0.137. The second-order valence-electron chi connectivity index (χ2n) is 4.36. The van der Waals surface area contributed by atoms with E-state index in [-0.39, 0.29) is 12.2 Å². The number of carboxylic acid groups (broad SMARTS) is 1. The molecule has 4 heteroatoms. The molecule has 1 N–H and O–H groups in total. The molecule has 4 nitrogen and oxygen atoms in total. The molecule has 1 aromatic carbocycles. The zero-order chi connectivity index (χ0) is 13.4. The van der Waals surface area contributed by atoms with Crippen LogP contribution in [0.4, 0.5) is 0 Å². The molecular formula is C14H19NO3. The van der Waals surface area contributed by atoms with Gasteiger partial charge in [-0.05, 0) is 18.9 Å². The van der Waals surface area contributed by atoms with Crippen LogP contribution >= 0.6 is 0 Å². The van der Waals surface area contributed by atoms with Crippen molar-refractivity contribution in [2.75, 3.05) is 19.6 Å². The van der Waals surface area contributed by atoms with E-state index in [1.807, 2.05) is 35.2 Å². The van der Waals surface area contributed by atoms with E-state index in [1.54, 1.807) is 0 Å². The highest BCUT2D eigenvalue weighted by atomic mass is 16.4. The lowest BCUT2D eigenvalue weighted by Gasteiger charge is -2.19. The number of carbonyl (C=O) groups excluding carboxylic acids is 1. The molecule has 18 heavy (non-hydrogen) atoms. The van der Waals surface area contributed by atoms with Gasteiger partial charge < -0.3 is 5.11 Å². The first kappa shape index (κ1) is 14.4. The maximum Gasteiger partial charge on any atom is 0.304 e. The standard InChI is InChI=1S/C14H19NO3/c1-12(16)11-15(10-8-14(17)18)9-7-13-5-3-2-4-6-13/h2-6H,7-11H2,1H3,(H,17,18). The molecule has 0 aliphatic carbocycles. The van der Waals surface area contributed by atoms with E-state index < -0.39 is 5.97 Å². The van der Waals surface area contributed by atoms with Crippen LogP contribution in [-0.2, 0) is 16.0 Å². The largest absolute Gasteiger partial charge is 0.481 e. The summed E-state index contributed by atoms with van der Waals surface area (Å²) in [5, 5.41) is 8.67. The van der Waals surface area contributed by atoms with Crippen molar-refractivity contribution >= 4 is 11.8 Å². The van der Waals surface area contributed by atoms with Crippen molar-refractivity contribution in [3.8, 4) is 0 Å². The van der Waals surface area contributed by atoms with Crippen molar-refractivity contribution in [1.29, 1.82) is 0 Å². The summed E-state index contributed by atoms with van der Waals surface area (Å²) in [7, 11) is 0. The van der Waals surface area contributed by atoms with Gasteiger partial charge in [0, 0.05) is 13.1 Å². The van der Waals surface area contributed by atoms with E-state index in [0.717, 1.165) is 6.42 Å². The van der Waals surface area contributed by atoms with Gasteiger partial charge in [-0.25, -0.2) is 0 Å². The van der Waals surface area contributed by atoms with Gasteiger partial charge >= 0.3 is 5.97 Å². The summed E-state index contributed by atoms with van der Waals surface area (Å²) in [6.45, 7) is 2.97. The average molecular weight is 249 g/mol. The molecule has 0 saturated heterocycles. The third-order valence-corrected chi connectivity index (χ3v) is 2.65. The first-order valence-corrected chi connectivity index (χ1v) is 6.05. The minimum absolute atomic E-state index is 0.0634. The van der Waals surface area contributed by atoms with Crippen LogP contribution in [0.5, 0.6) is 0 Å². The van der Waals surface area contributed by atoms with Gasteiger partial charge in [-0.1, -0.05) is 30.3 Å². The van der Waals surface area contributed by atoms with Gasteiger partial charge in [-0.15, -0.1) is 0 Å². The van der Waals surface area contributed by atoms with Gasteiger partial charge in [0.2, 0.25) is 0 Å². The number of benzene rings is 1. The van der Waals surface area contributed by atoms with Crippen LogP contribution < -0.4 is 0 Å².